The SMILES string of the molecule is CC(CC(C)(C)c1ccccc1)NC(=O)N1CCC(CO)CC1. The van der Waals surface area contributed by atoms with E-state index in [1.165, 1.54) is 5.56 Å². The van der Waals surface area contributed by atoms with Gasteiger partial charge in [0.15, 0.2) is 0 Å². The number of amides is 2. The lowest BCUT2D eigenvalue weighted by Gasteiger charge is -2.34. The number of aliphatic hydroxyl groups is 1. The number of hydrogen-bond donors (Lipinski definition) is 2. The predicted molar refractivity (Wildman–Crippen MR) is 93.5 cm³/mol. The van der Waals surface area contributed by atoms with Crippen molar-refractivity contribution in [1.29, 1.82) is 0 Å². The third-order valence-corrected chi connectivity index (χ3v) is 4.90. The molecule has 1 heterocycles. The molecule has 0 saturated carbocycles. The van der Waals surface area contributed by atoms with Crippen molar-refractivity contribution in [3.63, 3.8) is 0 Å². The summed E-state index contributed by atoms with van der Waals surface area (Å²) in [6, 6.07) is 10.6. The van der Waals surface area contributed by atoms with Crippen LogP contribution in [0.5, 0.6) is 0 Å². The first-order valence-electron chi connectivity index (χ1n) is 8.64. The van der Waals surface area contributed by atoms with Gasteiger partial charge in [-0.15, -0.1) is 0 Å². The number of benzene rings is 1. The molecule has 1 aromatic carbocycles. The Balaban J connectivity index is 1.84. The summed E-state index contributed by atoms with van der Waals surface area (Å²) in [6.45, 7) is 8.23. The molecule has 0 aliphatic carbocycles. The predicted octanol–water partition coefficient (Wildman–Crippen LogP) is 3.16. The van der Waals surface area contributed by atoms with Gasteiger partial charge in [0.25, 0.3) is 0 Å². The van der Waals surface area contributed by atoms with Crippen molar-refractivity contribution in [2.45, 2.75) is 51.5 Å². The van der Waals surface area contributed by atoms with E-state index in [9.17, 15) is 9.90 Å². The van der Waals surface area contributed by atoms with E-state index < -0.39 is 0 Å². The lowest BCUT2D eigenvalue weighted by Crippen LogP contribution is -2.48. The van der Waals surface area contributed by atoms with E-state index >= 15 is 0 Å². The molecule has 2 rings (SSSR count). The standard InChI is InChI=1S/C19H30N2O2/c1-15(13-19(2,3)17-7-5-4-6-8-17)20-18(23)21-11-9-16(14-22)10-12-21/h4-8,15-16,22H,9-14H2,1-3H3,(H,20,23). The molecule has 1 aliphatic rings. The van der Waals surface area contributed by atoms with Crippen molar-refractivity contribution in [3.8, 4) is 0 Å². The zero-order chi connectivity index (χ0) is 16.9. The highest BCUT2D eigenvalue weighted by molar-refractivity contribution is 5.74. The monoisotopic (exact) mass is 318 g/mol. The quantitative estimate of drug-likeness (QED) is 0.876. The Kier molecular flexibility index (Phi) is 6.05. The number of nitrogens with zero attached hydrogens (tertiary/aromatic N) is 1. The normalized spacial score (nSPS) is 17.8. The van der Waals surface area contributed by atoms with E-state index in [1.807, 2.05) is 11.0 Å². The minimum absolute atomic E-state index is 0.0256. The molecule has 1 fully saturated rings. The Morgan fingerprint density at radius 3 is 2.48 bits per heavy atom. The molecule has 1 aliphatic heterocycles. The molecule has 4 heteroatoms. The Morgan fingerprint density at radius 2 is 1.91 bits per heavy atom. The number of urea groups is 1. The van der Waals surface area contributed by atoms with Crippen molar-refractivity contribution >= 4 is 6.03 Å². The minimum Gasteiger partial charge on any atom is -0.396 e. The Morgan fingerprint density at radius 1 is 1.30 bits per heavy atom. The van der Waals surface area contributed by atoms with Crippen molar-refractivity contribution in [2.75, 3.05) is 19.7 Å². The highest BCUT2D eigenvalue weighted by atomic mass is 16.3. The van der Waals surface area contributed by atoms with E-state index in [-0.39, 0.29) is 24.1 Å². The lowest BCUT2D eigenvalue weighted by atomic mass is 9.79. The number of piperidine rings is 1. The zero-order valence-electron chi connectivity index (χ0n) is 14.6. The van der Waals surface area contributed by atoms with Crippen LogP contribution in [0.25, 0.3) is 0 Å². The summed E-state index contributed by atoms with van der Waals surface area (Å²) >= 11 is 0. The summed E-state index contributed by atoms with van der Waals surface area (Å²) < 4.78 is 0. The zero-order valence-corrected chi connectivity index (χ0v) is 14.6. The van der Waals surface area contributed by atoms with Gasteiger partial charge in [-0.05, 0) is 43.1 Å². The molecule has 0 radical (unpaired) electrons. The molecule has 1 atom stereocenters. The van der Waals surface area contributed by atoms with Gasteiger partial charge >= 0.3 is 6.03 Å². The van der Waals surface area contributed by atoms with Crippen molar-refractivity contribution < 1.29 is 9.90 Å². The van der Waals surface area contributed by atoms with E-state index in [1.54, 1.807) is 0 Å². The highest BCUT2D eigenvalue weighted by Crippen LogP contribution is 2.28. The van der Waals surface area contributed by atoms with Crippen LogP contribution in [-0.4, -0.2) is 41.8 Å². The number of hydrogen-bond acceptors (Lipinski definition) is 2. The van der Waals surface area contributed by atoms with Crippen LogP contribution in [0, 0.1) is 5.92 Å². The first kappa shape index (κ1) is 17.8. The van der Waals surface area contributed by atoms with Crippen LogP contribution >= 0.6 is 0 Å². The summed E-state index contributed by atoms with van der Waals surface area (Å²) in [5, 5.41) is 12.3. The van der Waals surface area contributed by atoms with Gasteiger partial charge in [-0.3, -0.25) is 0 Å². The number of likely N-dealkylation sites (tertiary alicyclic amines) is 1. The van der Waals surface area contributed by atoms with Crippen LogP contribution in [0.3, 0.4) is 0 Å². The maximum absolute atomic E-state index is 12.4. The molecule has 0 bridgehead atoms. The largest absolute Gasteiger partial charge is 0.396 e. The van der Waals surface area contributed by atoms with Crippen LogP contribution < -0.4 is 5.32 Å². The molecule has 1 unspecified atom stereocenters. The minimum atomic E-state index is 0.0256. The van der Waals surface area contributed by atoms with Gasteiger partial charge < -0.3 is 15.3 Å². The molecular formula is C19H30N2O2. The fraction of sp³-hybridized carbons (Fsp3) is 0.632. The molecule has 0 aromatic heterocycles. The number of carbonyl (C=O) groups excluding carboxylic acids is 1. The molecule has 1 aromatic rings. The molecule has 0 spiro atoms. The van der Waals surface area contributed by atoms with Gasteiger partial charge in [0.2, 0.25) is 0 Å². The van der Waals surface area contributed by atoms with Crippen LogP contribution in [0.2, 0.25) is 0 Å². The summed E-state index contributed by atoms with van der Waals surface area (Å²) in [5.74, 6) is 0.355. The molecule has 4 nitrogen and oxygen atoms in total. The van der Waals surface area contributed by atoms with Crippen LogP contribution in [0.4, 0.5) is 4.79 Å². The van der Waals surface area contributed by atoms with Gasteiger partial charge in [-0.25, -0.2) is 4.79 Å². The van der Waals surface area contributed by atoms with Crippen LogP contribution in [-0.2, 0) is 5.41 Å². The highest BCUT2D eigenvalue weighted by Gasteiger charge is 2.26. The average Bonchev–Trinajstić information content (AvgIpc) is 2.55. The fourth-order valence-electron chi connectivity index (χ4n) is 3.44. The second kappa shape index (κ2) is 7.82. The summed E-state index contributed by atoms with van der Waals surface area (Å²) in [7, 11) is 0. The van der Waals surface area contributed by atoms with Crippen LogP contribution in [0.1, 0.15) is 45.6 Å². The van der Waals surface area contributed by atoms with Gasteiger partial charge in [-0.2, -0.15) is 0 Å². The Bertz CT molecular complexity index is 493. The lowest BCUT2D eigenvalue weighted by molar-refractivity contribution is 0.135. The number of carbonyl (C=O) groups is 1. The number of rotatable bonds is 5. The number of nitrogens with one attached hydrogen (secondary N) is 1. The van der Waals surface area contributed by atoms with Gasteiger partial charge in [0.1, 0.15) is 0 Å². The Hall–Kier alpha value is -1.55. The smallest absolute Gasteiger partial charge is 0.317 e. The maximum Gasteiger partial charge on any atom is 0.317 e. The summed E-state index contributed by atoms with van der Waals surface area (Å²) in [5.41, 5.74) is 1.32. The summed E-state index contributed by atoms with van der Waals surface area (Å²) in [4.78, 5) is 14.3. The third kappa shape index (κ3) is 4.96. The average molecular weight is 318 g/mol. The van der Waals surface area contributed by atoms with E-state index in [0.717, 1.165) is 32.4 Å². The number of aliphatic hydroxyl groups excluding tert-OH is 1. The molecule has 2 amide bonds. The van der Waals surface area contributed by atoms with E-state index in [4.69, 9.17) is 0 Å². The Labute approximate surface area is 139 Å². The van der Waals surface area contributed by atoms with Gasteiger partial charge in [0.05, 0.1) is 0 Å². The molecule has 23 heavy (non-hydrogen) atoms. The van der Waals surface area contributed by atoms with Gasteiger partial charge in [-0.1, -0.05) is 44.2 Å². The second-order valence-electron chi connectivity index (χ2n) is 7.42. The molecule has 2 N–H and O–H groups in total. The molecule has 128 valence electrons. The van der Waals surface area contributed by atoms with E-state index in [0.29, 0.717) is 5.92 Å². The van der Waals surface area contributed by atoms with Crippen molar-refractivity contribution in [3.05, 3.63) is 35.9 Å². The van der Waals surface area contributed by atoms with Gasteiger partial charge in [0, 0.05) is 25.7 Å². The fourth-order valence-corrected chi connectivity index (χ4v) is 3.44. The van der Waals surface area contributed by atoms with Crippen molar-refractivity contribution in [2.24, 2.45) is 5.92 Å². The second-order valence-corrected chi connectivity index (χ2v) is 7.42. The molecule has 1 saturated heterocycles. The molecular weight excluding hydrogens is 288 g/mol. The maximum atomic E-state index is 12.4. The first-order chi connectivity index (χ1) is 10.9. The van der Waals surface area contributed by atoms with E-state index in [2.05, 4.69) is 50.4 Å². The first-order valence-corrected chi connectivity index (χ1v) is 8.64. The third-order valence-electron chi connectivity index (χ3n) is 4.90. The van der Waals surface area contributed by atoms with Crippen LogP contribution in [0.15, 0.2) is 30.3 Å². The summed E-state index contributed by atoms with van der Waals surface area (Å²) in [6.07, 6.45) is 2.69. The van der Waals surface area contributed by atoms with Crippen molar-refractivity contribution in [1.82, 2.24) is 10.2 Å². The topological polar surface area (TPSA) is 52.6 Å².